The number of carbonyl (C=O) groups is 1. The Morgan fingerprint density at radius 2 is 1.75 bits per heavy atom. The van der Waals surface area contributed by atoms with Gasteiger partial charge in [0.1, 0.15) is 17.9 Å². The van der Waals surface area contributed by atoms with Gasteiger partial charge in [0.15, 0.2) is 0 Å². The summed E-state index contributed by atoms with van der Waals surface area (Å²) in [5.74, 6) is -0.468. The molecule has 3 rings (SSSR count). The summed E-state index contributed by atoms with van der Waals surface area (Å²) in [6, 6.07) is 16.5. The van der Waals surface area contributed by atoms with E-state index in [0.717, 1.165) is 5.39 Å². The fourth-order valence-electron chi connectivity index (χ4n) is 2.09. The first-order valence-corrected chi connectivity index (χ1v) is 6.17. The van der Waals surface area contributed by atoms with E-state index in [1.165, 1.54) is 0 Å². The number of ether oxygens (including phenoxy) is 1. The molecule has 0 aliphatic rings. The smallest absolute Gasteiger partial charge is 0.372 e. The maximum Gasteiger partial charge on any atom is 0.372 e. The molecule has 1 heterocycles. The molecule has 0 amide bonds. The first-order chi connectivity index (χ1) is 9.75. The molecule has 0 saturated heterocycles. The number of carboxylic acids is 1. The predicted molar refractivity (Wildman–Crippen MR) is 73.9 cm³/mol. The van der Waals surface area contributed by atoms with Crippen LogP contribution in [0.4, 0.5) is 0 Å². The molecule has 0 aliphatic heterocycles. The Labute approximate surface area is 115 Å². The van der Waals surface area contributed by atoms with Gasteiger partial charge in [-0.05, 0) is 18.2 Å². The number of benzene rings is 2. The first-order valence-electron chi connectivity index (χ1n) is 6.17. The third kappa shape index (κ3) is 2.23. The number of fused-ring (bicyclic) bond motifs is 1. The van der Waals surface area contributed by atoms with Crippen molar-refractivity contribution in [3.63, 3.8) is 0 Å². The van der Waals surface area contributed by atoms with Gasteiger partial charge in [-0.2, -0.15) is 0 Å². The zero-order valence-electron chi connectivity index (χ0n) is 10.6. The second kappa shape index (κ2) is 5.09. The summed E-state index contributed by atoms with van der Waals surface area (Å²) in [7, 11) is 0. The number of aromatic carboxylic acids is 1. The van der Waals surface area contributed by atoms with Crippen LogP contribution in [0.2, 0.25) is 0 Å². The molecule has 4 heteroatoms. The van der Waals surface area contributed by atoms with Crippen molar-refractivity contribution in [1.29, 1.82) is 0 Å². The molecule has 0 saturated carbocycles. The molecular weight excluding hydrogens is 256 g/mol. The minimum atomic E-state index is -1.09. The highest BCUT2D eigenvalue weighted by molar-refractivity contribution is 5.95. The SMILES string of the molecule is O=C(O)c1oc2ccccc2c1COc1ccccc1. The highest BCUT2D eigenvalue weighted by atomic mass is 16.5. The van der Waals surface area contributed by atoms with Crippen LogP contribution in [0.1, 0.15) is 16.1 Å². The average Bonchev–Trinajstić information content (AvgIpc) is 2.85. The highest BCUT2D eigenvalue weighted by Gasteiger charge is 2.19. The van der Waals surface area contributed by atoms with Crippen molar-refractivity contribution in [2.45, 2.75) is 6.61 Å². The van der Waals surface area contributed by atoms with Crippen LogP contribution >= 0.6 is 0 Å². The monoisotopic (exact) mass is 268 g/mol. The van der Waals surface area contributed by atoms with Gasteiger partial charge in [0.2, 0.25) is 5.76 Å². The summed E-state index contributed by atoms with van der Waals surface area (Å²) in [4.78, 5) is 11.3. The molecule has 1 N–H and O–H groups in total. The van der Waals surface area contributed by atoms with E-state index in [-0.39, 0.29) is 12.4 Å². The Balaban J connectivity index is 1.97. The number of rotatable bonds is 4. The molecular formula is C16H12O4. The largest absolute Gasteiger partial charge is 0.489 e. The van der Waals surface area contributed by atoms with E-state index in [0.29, 0.717) is 16.9 Å². The summed E-state index contributed by atoms with van der Waals surface area (Å²) in [6.45, 7) is 0.155. The van der Waals surface area contributed by atoms with Crippen LogP contribution < -0.4 is 4.74 Å². The van der Waals surface area contributed by atoms with E-state index >= 15 is 0 Å². The van der Waals surface area contributed by atoms with Gasteiger partial charge in [0, 0.05) is 5.39 Å². The Bertz CT molecular complexity index is 744. The van der Waals surface area contributed by atoms with Crippen LogP contribution in [0.15, 0.2) is 59.0 Å². The minimum absolute atomic E-state index is 0.0675. The van der Waals surface area contributed by atoms with Crippen LogP contribution in [0, 0.1) is 0 Å². The fourth-order valence-corrected chi connectivity index (χ4v) is 2.09. The lowest BCUT2D eigenvalue weighted by molar-refractivity contribution is 0.0661. The number of hydrogen-bond acceptors (Lipinski definition) is 3. The zero-order valence-corrected chi connectivity index (χ0v) is 10.6. The second-order valence-corrected chi connectivity index (χ2v) is 4.31. The van der Waals surface area contributed by atoms with Crippen molar-refractivity contribution in [2.75, 3.05) is 0 Å². The number of furan rings is 1. The molecule has 0 fully saturated rings. The van der Waals surface area contributed by atoms with Gasteiger partial charge in [0.05, 0.1) is 5.56 Å². The van der Waals surface area contributed by atoms with Crippen molar-refractivity contribution in [1.82, 2.24) is 0 Å². The molecule has 0 atom stereocenters. The van der Waals surface area contributed by atoms with E-state index in [1.54, 1.807) is 12.1 Å². The van der Waals surface area contributed by atoms with Gasteiger partial charge in [-0.15, -0.1) is 0 Å². The Hall–Kier alpha value is -2.75. The Kier molecular flexibility index (Phi) is 3.13. The molecule has 0 unspecified atom stereocenters. The predicted octanol–water partition coefficient (Wildman–Crippen LogP) is 3.71. The lowest BCUT2D eigenvalue weighted by Gasteiger charge is -2.05. The molecule has 0 radical (unpaired) electrons. The molecule has 0 spiro atoms. The lowest BCUT2D eigenvalue weighted by Crippen LogP contribution is -2.02. The summed E-state index contributed by atoms with van der Waals surface area (Å²) in [5.41, 5.74) is 1.11. The van der Waals surface area contributed by atoms with Crippen molar-refractivity contribution in [2.24, 2.45) is 0 Å². The van der Waals surface area contributed by atoms with E-state index in [9.17, 15) is 9.90 Å². The van der Waals surface area contributed by atoms with E-state index in [1.807, 2.05) is 42.5 Å². The van der Waals surface area contributed by atoms with Crippen molar-refractivity contribution in [3.05, 3.63) is 65.9 Å². The van der Waals surface area contributed by atoms with Crippen molar-refractivity contribution < 1.29 is 19.1 Å². The van der Waals surface area contributed by atoms with Crippen molar-refractivity contribution in [3.8, 4) is 5.75 Å². The van der Waals surface area contributed by atoms with Gasteiger partial charge >= 0.3 is 5.97 Å². The number of carboxylic acid groups (broad SMARTS) is 1. The van der Waals surface area contributed by atoms with Crippen LogP contribution in [-0.2, 0) is 6.61 Å². The lowest BCUT2D eigenvalue weighted by atomic mass is 10.1. The quantitative estimate of drug-likeness (QED) is 0.783. The van der Waals surface area contributed by atoms with Gasteiger partial charge < -0.3 is 14.3 Å². The molecule has 3 aromatic rings. The highest BCUT2D eigenvalue weighted by Crippen LogP contribution is 2.27. The van der Waals surface area contributed by atoms with Crippen LogP contribution in [0.5, 0.6) is 5.75 Å². The molecule has 4 nitrogen and oxygen atoms in total. The molecule has 20 heavy (non-hydrogen) atoms. The van der Waals surface area contributed by atoms with E-state index in [4.69, 9.17) is 9.15 Å². The number of para-hydroxylation sites is 2. The summed E-state index contributed by atoms with van der Waals surface area (Å²) in [6.07, 6.45) is 0. The zero-order chi connectivity index (χ0) is 13.9. The van der Waals surface area contributed by atoms with Crippen molar-refractivity contribution >= 4 is 16.9 Å². The normalized spacial score (nSPS) is 10.6. The average molecular weight is 268 g/mol. The molecule has 0 aliphatic carbocycles. The van der Waals surface area contributed by atoms with Gasteiger partial charge in [0.25, 0.3) is 0 Å². The summed E-state index contributed by atoms with van der Waals surface area (Å²) in [5, 5.41) is 9.98. The van der Waals surface area contributed by atoms with Crippen LogP contribution in [-0.4, -0.2) is 11.1 Å². The van der Waals surface area contributed by atoms with Gasteiger partial charge in [-0.3, -0.25) is 0 Å². The topological polar surface area (TPSA) is 59.7 Å². The summed E-state index contributed by atoms with van der Waals surface area (Å²) < 4.78 is 11.0. The Morgan fingerprint density at radius 1 is 1.05 bits per heavy atom. The minimum Gasteiger partial charge on any atom is -0.489 e. The van der Waals surface area contributed by atoms with Gasteiger partial charge in [-0.1, -0.05) is 36.4 Å². The fraction of sp³-hybridized carbons (Fsp3) is 0.0625. The van der Waals surface area contributed by atoms with Gasteiger partial charge in [-0.25, -0.2) is 4.79 Å². The standard InChI is InChI=1S/C16H12O4/c17-16(18)15-13(10-19-11-6-2-1-3-7-11)12-8-4-5-9-14(12)20-15/h1-9H,10H2,(H,17,18). The van der Waals surface area contributed by atoms with Crippen LogP contribution in [0.3, 0.4) is 0 Å². The second-order valence-electron chi connectivity index (χ2n) is 4.31. The number of hydrogen-bond donors (Lipinski definition) is 1. The third-order valence-electron chi connectivity index (χ3n) is 3.02. The molecule has 1 aromatic heterocycles. The third-order valence-corrected chi connectivity index (χ3v) is 3.02. The maximum absolute atomic E-state index is 11.3. The molecule has 2 aromatic carbocycles. The summed E-state index contributed by atoms with van der Waals surface area (Å²) >= 11 is 0. The Morgan fingerprint density at radius 3 is 2.50 bits per heavy atom. The van der Waals surface area contributed by atoms with E-state index in [2.05, 4.69) is 0 Å². The van der Waals surface area contributed by atoms with E-state index < -0.39 is 5.97 Å². The molecule has 0 bridgehead atoms. The molecule has 100 valence electrons. The first kappa shape index (κ1) is 12.3. The van der Waals surface area contributed by atoms with Crippen LogP contribution in [0.25, 0.3) is 11.0 Å². The maximum atomic E-state index is 11.3.